The Balaban J connectivity index is 2.43. The molecule has 116 valence electrons. The molecule has 1 aliphatic rings. The third kappa shape index (κ3) is 3.17. The van der Waals surface area contributed by atoms with Gasteiger partial charge in [-0.3, -0.25) is 0 Å². The van der Waals surface area contributed by atoms with Gasteiger partial charge in [-0.15, -0.1) is 0 Å². The van der Waals surface area contributed by atoms with Crippen molar-refractivity contribution < 1.29 is 23.1 Å². The van der Waals surface area contributed by atoms with E-state index >= 15 is 0 Å². The number of carbonyl (C=O) groups is 1. The number of carboxylic acid groups (broad SMARTS) is 1. The van der Waals surface area contributed by atoms with E-state index in [-0.39, 0.29) is 16.2 Å². The number of rotatable bonds is 4. The number of hydrogen-bond acceptors (Lipinski definition) is 5. The van der Waals surface area contributed by atoms with Gasteiger partial charge in [0.1, 0.15) is 10.6 Å². The van der Waals surface area contributed by atoms with Crippen LogP contribution in [0.4, 0.5) is 0 Å². The standard InChI is InChI=1S/C13H18N2O5S/c1-14-5-7-15(8-6-14)21(18,19)12-9-10(13(16)17)3-4-11(12)20-2/h3-4,9H,5-8H2,1-2H3,(H,16,17). The predicted octanol–water partition coefficient (Wildman–Crippen LogP) is 0.330. The molecule has 0 bridgehead atoms. The zero-order chi connectivity index (χ0) is 15.6. The maximum Gasteiger partial charge on any atom is 0.335 e. The number of likely N-dealkylation sites (N-methyl/N-ethyl adjacent to an activating group) is 1. The zero-order valence-corrected chi connectivity index (χ0v) is 12.8. The molecule has 8 heteroatoms. The lowest BCUT2D eigenvalue weighted by atomic mass is 10.2. The summed E-state index contributed by atoms with van der Waals surface area (Å²) >= 11 is 0. The lowest BCUT2D eigenvalue weighted by Crippen LogP contribution is -2.47. The fourth-order valence-corrected chi connectivity index (χ4v) is 3.78. The number of aromatic carboxylic acids is 1. The van der Waals surface area contributed by atoms with Gasteiger partial charge in [0.05, 0.1) is 12.7 Å². The molecule has 1 saturated heterocycles. The predicted molar refractivity (Wildman–Crippen MR) is 76.2 cm³/mol. The Morgan fingerprint density at radius 3 is 2.38 bits per heavy atom. The molecule has 7 nitrogen and oxygen atoms in total. The first-order valence-corrected chi connectivity index (χ1v) is 7.90. The van der Waals surface area contributed by atoms with E-state index in [2.05, 4.69) is 0 Å². The van der Waals surface area contributed by atoms with Gasteiger partial charge in [-0.2, -0.15) is 4.31 Å². The van der Waals surface area contributed by atoms with Gasteiger partial charge >= 0.3 is 5.97 Å². The number of hydrogen-bond donors (Lipinski definition) is 1. The monoisotopic (exact) mass is 314 g/mol. The molecular weight excluding hydrogens is 296 g/mol. The lowest BCUT2D eigenvalue weighted by molar-refractivity contribution is 0.0696. The molecule has 2 rings (SSSR count). The first-order valence-electron chi connectivity index (χ1n) is 6.46. The molecule has 0 saturated carbocycles. The second kappa shape index (κ2) is 6.00. The Morgan fingerprint density at radius 1 is 1.24 bits per heavy atom. The van der Waals surface area contributed by atoms with Gasteiger partial charge in [-0.25, -0.2) is 13.2 Å². The van der Waals surface area contributed by atoms with Crippen LogP contribution in [0.15, 0.2) is 23.1 Å². The highest BCUT2D eigenvalue weighted by molar-refractivity contribution is 7.89. The van der Waals surface area contributed by atoms with Gasteiger partial charge in [0.25, 0.3) is 0 Å². The summed E-state index contributed by atoms with van der Waals surface area (Å²) in [5, 5.41) is 9.03. The summed E-state index contributed by atoms with van der Waals surface area (Å²) in [6.45, 7) is 2.03. The summed E-state index contributed by atoms with van der Waals surface area (Å²) in [6, 6.07) is 3.84. The number of sulfonamides is 1. The summed E-state index contributed by atoms with van der Waals surface area (Å²) in [5.74, 6) is -1.02. The van der Waals surface area contributed by atoms with E-state index in [1.54, 1.807) is 0 Å². The third-order valence-corrected chi connectivity index (χ3v) is 5.41. The normalized spacial score (nSPS) is 17.6. The molecule has 0 spiro atoms. The van der Waals surface area contributed by atoms with Crippen LogP contribution in [0.2, 0.25) is 0 Å². The molecule has 1 aliphatic heterocycles. The van der Waals surface area contributed by atoms with Gasteiger partial charge in [-0.05, 0) is 25.2 Å². The van der Waals surface area contributed by atoms with E-state index in [1.807, 2.05) is 11.9 Å². The highest BCUT2D eigenvalue weighted by atomic mass is 32.2. The van der Waals surface area contributed by atoms with E-state index in [0.29, 0.717) is 26.2 Å². The number of ether oxygens (including phenoxy) is 1. The lowest BCUT2D eigenvalue weighted by Gasteiger charge is -2.31. The number of benzene rings is 1. The maximum atomic E-state index is 12.7. The molecule has 0 unspecified atom stereocenters. The molecule has 0 atom stereocenters. The van der Waals surface area contributed by atoms with Crippen LogP contribution in [0, 0.1) is 0 Å². The van der Waals surface area contributed by atoms with Crippen molar-refractivity contribution in [3.05, 3.63) is 23.8 Å². The molecule has 1 aromatic rings. The summed E-state index contributed by atoms with van der Waals surface area (Å²) in [5.41, 5.74) is -0.0801. The fourth-order valence-electron chi connectivity index (χ4n) is 2.18. The van der Waals surface area contributed by atoms with E-state index in [0.717, 1.165) is 6.07 Å². The Bertz CT molecular complexity index is 636. The molecule has 1 N–H and O–H groups in total. The number of piperazine rings is 1. The van der Waals surface area contributed by atoms with Crippen molar-refractivity contribution in [3.8, 4) is 5.75 Å². The first kappa shape index (κ1) is 15.7. The summed E-state index contributed by atoms with van der Waals surface area (Å²) in [7, 11) is -0.480. The van der Waals surface area contributed by atoms with E-state index < -0.39 is 16.0 Å². The average molecular weight is 314 g/mol. The van der Waals surface area contributed by atoms with Crippen molar-refractivity contribution in [1.29, 1.82) is 0 Å². The van der Waals surface area contributed by atoms with Crippen LogP contribution in [0.1, 0.15) is 10.4 Å². The smallest absolute Gasteiger partial charge is 0.335 e. The Hall–Kier alpha value is -1.64. The SMILES string of the molecule is COc1ccc(C(=O)O)cc1S(=O)(=O)N1CCN(C)CC1. The molecule has 1 heterocycles. The van der Waals surface area contributed by atoms with Crippen LogP contribution in [0.3, 0.4) is 0 Å². The molecule has 1 fully saturated rings. The topological polar surface area (TPSA) is 87.1 Å². The Morgan fingerprint density at radius 2 is 1.86 bits per heavy atom. The Kier molecular flexibility index (Phi) is 4.50. The van der Waals surface area contributed by atoms with Crippen molar-refractivity contribution in [3.63, 3.8) is 0 Å². The van der Waals surface area contributed by atoms with Crippen LogP contribution < -0.4 is 4.74 Å². The van der Waals surface area contributed by atoms with Gasteiger partial charge in [-0.1, -0.05) is 0 Å². The average Bonchev–Trinajstić information content (AvgIpc) is 2.46. The maximum absolute atomic E-state index is 12.7. The second-order valence-electron chi connectivity index (χ2n) is 4.88. The van der Waals surface area contributed by atoms with Crippen LogP contribution in [0.5, 0.6) is 5.75 Å². The van der Waals surface area contributed by atoms with Gasteiger partial charge in [0.15, 0.2) is 0 Å². The minimum Gasteiger partial charge on any atom is -0.495 e. The van der Waals surface area contributed by atoms with Crippen molar-refractivity contribution in [1.82, 2.24) is 9.21 Å². The highest BCUT2D eigenvalue weighted by Crippen LogP contribution is 2.28. The molecule has 1 aromatic carbocycles. The number of methoxy groups -OCH3 is 1. The zero-order valence-electron chi connectivity index (χ0n) is 11.9. The van der Waals surface area contributed by atoms with E-state index in [4.69, 9.17) is 9.84 Å². The number of carboxylic acids is 1. The van der Waals surface area contributed by atoms with E-state index in [1.165, 1.54) is 23.5 Å². The first-order chi connectivity index (χ1) is 9.86. The Labute approximate surface area is 123 Å². The minimum atomic E-state index is -3.77. The second-order valence-corrected chi connectivity index (χ2v) is 6.78. The molecule has 0 radical (unpaired) electrons. The highest BCUT2D eigenvalue weighted by Gasteiger charge is 2.30. The molecule has 0 amide bonds. The largest absolute Gasteiger partial charge is 0.495 e. The molecular formula is C13H18N2O5S. The van der Waals surface area contributed by atoms with Gasteiger partial charge in [0, 0.05) is 26.2 Å². The van der Waals surface area contributed by atoms with Crippen molar-refractivity contribution in [2.75, 3.05) is 40.3 Å². The van der Waals surface area contributed by atoms with Crippen molar-refractivity contribution in [2.45, 2.75) is 4.90 Å². The third-order valence-electron chi connectivity index (χ3n) is 3.49. The van der Waals surface area contributed by atoms with Crippen LogP contribution in [0.25, 0.3) is 0 Å². The van der Waals surface area contributed by atoms with Crippen molar-refractivity contribution >= 4 is 16.0 Å². The van der Waals surface area contributed by atoms with Crippen LogP contribution in [-0.4, -0.2) is 69.0 Å². The summed E-state index contributed by atoms with van der Waals surface area (Å²) in [4.78, 5) is 13.0. The fraction of sp³-hybridized carbons (Fsp3) is 0.462. The summed E-state index contributed by atoms with van der Waals surface area (Å²) in [6.07, 6.45) is 0. The van der Waals surface area contributed by atoms with Gasteiger partial charge < -0.3 is 14.7 Å². The summed E-state index contributed by atoms with van der Waals surface area (Å²) < 4.78 is 31.8. The number of nitrogens with zero attached hydrogens (tertiary/aromatic N) is 2. The van der Waals surface area contributed by atoms with Crippen molar-refractivity contribution in [2.24, 2.45) is 0 Å². The minimum absolute atomic E-state index is 0.0801. The molecule has 0 aliphatic carbocycles. The van der Waals surface area contributed by atoms with Crippen LogP contribution >= 0.6 is 0 Å². The quantitative estimate of drug-likeness (QED) is 0.862. The van der Waals surface area contributed by atoms with Crippen LogP contribution in [-0.2, 0) is 10.0 Å². The molecule has 0 aromatic heterocycles. The van der Waals surface area contributed by atoms with Gasteiger partial charge in [0.2, 0.25) is 10.0 Å². The van der Waals surface area contributed by atoms with E-state index in [9.17, 15) is 13.2 Å². The molecule has 21 heavy (non-hydrogen) atoms.